The molecule has 0 aliphatic heterocycles. The quantitative estimate of drug-likeness (QED) is 0.261. The summed E-state index contributed by atoms with van der Waals surface area (Å²) >= 11 is 0. The SMILES string of the molecule is C=CC(CCCCCCCCCCCC)(OCC)n1nnc2ccccc21. The summed E-state index contributed by atoms with van der Waals surface area (Å²) in [5.74, 6) is 0. The van der Waals surface area contributed by atoms with Crippen LogP contribution in [0.25, 0.3) is 11.0 Å². The van der Waals surface area contributed by atoms with E-state index in [2.05, 4.69) is 23.8 Å². The number of hydrogen-bond acceptors (Lipinski definition) is 3. The highest BCUT2D eigenvalue weighted by atomic mass is 16.5. The van der Waals surface area contributed by atoms with Gasteiger partial charge in [-0.3, -0.25) is 0 Å². The Morgan fingerprint density at radius 3 is 2.22 bits per heavy atom. The highest BCUT2D eigenvalue weighted by molar-refractivity contribution is 5.74. The number of ether oxygens (including phenoxy) is 1. The van der Waals surface area contributed by atoms with Crippen LogP contribution >= 0.6 is 0 Å². The van der Waals surface area contributed by atoms with Crippen LogP contribution in [0.1, 0.15) is 84.5 Å². The average Bonchev–Trinajstić information content (AvgIpc) is 3.13. The molecule has 0 spiro atoms. The normalized spacial score (nSPS) is 13.7. The summed E-state index contributed by atoms with van der Waals surface area (Å²) in [7, 11) is 0. The molecule has 0 saturated heterocycles. The third kappa shape index (κ3) is 6.17. The summed E-state index contributed by atoms with van der Waals surface area (Å²) < 4.78 is 8.07. The number of hydrogen-bond donors (Lipinski definition) is 0. The van der Waals surface area contributed by atoms with Gasteiger partial charge in [-0.1, -0.05) is 88.6 Å². The number of fused-ring (bicyclic) bond motifs is 1. The molecule has 1 aromatic carbocycles. The van der Waals surface area contributed by atoms with Gasteiger partial charge in [0.15, 0.2) is 5.72 Å². The van der Waals surface area contributed by atoms with Crippen LogP contribution in [0.2, 0.25) is 0 Å². The molecule has 27 heavy (non-hydrogen) atoms. The molecule has 1 heterocycles. The number of aromatic nitrogens is 3. The predicted octanol–water partition coefficient (Wildman–Crippen LogP) is 6.62. The number of benzene rings is 1. The predicted molar refractivity (Wildman–Crippen MR) is 114 cm³/mol. The fourth-order valence-corrected chi connectivity index (χ4v) is 3.75. The van der Waals surface area contributed by atoms with Crippen molar-refractivity contribution in [2.75, 3.05) is 6.61 Å². The van der Waals surface area contributed by atoms with Gasteiger partial charge in [-0.15, -0.1) is 5.10 Å². The van der Waals surface area contributed by atoms with Gasteiger partial charge in [-0.2, -0.15) is 0 Å². The van der Waals surface area contributed by atoms with Gasteiger partial charge in [-0.05, 0) is 31.6 Å². The highest BCUT2D eigenvalue weighted by Gasteiger charge is 2.31. The summed E-state index contributed by atoms with van der Waals surface area (Å²) in [5.41, 5.74) is 1.29. The summed E-state index contributed by atoms with van der Waals surface area (Å²) in [4.78, 5) is 0. The first-order valence-corrected chi connectivity index (χ1v) is 10.9. The molecule has 1 atom stereocenters. The van der Waals surface area contributed by atoms with Crippen LogP contribution in [-0.2, 0) is 10.5 Å². The van der Waals surface area contributed by atoms with Gasteiger partial charge in [0.05, 0.1) is 5.52 Å². The molecule has 0 radical (unpaired) electrons. The first-order chi connectivity index (χ1) is 13.3. The lowest BCUT2D eigenvalue weighted by atomic mass is 10.0. The van der Waals surface area contributed by atoms with Crippen LogP contribution in [0, 0.1) is 0 Å². The second kappa shape index (κ2) is 11.9. The fourth-order valence-electron chi connectivity index (χ4n) is 3.75. The second-order valence-corrected chi connectivity index (χ2v) is 7.40. The second-order valence-electron chi connectivity index (χ2n) is 7.40. The van der Waals surface area contributed by atoms with Crippen molar-refractivity contribution in [2.45, 2.75) is 90.2 Å². The maximum atomic E-state index is 6.16. The summed E-state index contributed by atoms with van der Waals surface area (Å²) in [5, 5.41) is 8.69. The zero-order valence-corrected chi connectivity index (χ0v) is 17.3. The van der Waals surface area contributed by atoms with E-state index >= 15 is 0 Å². The zero-order valence-electron chi connectivity index (χ0n) is 17.3. The smallest absolute Gasteiger partial charge is 0.181 e. The number of unbranched alkanes of at least 4 members (excludes halogenated alkanes) is 9. The lowest BCUT2D eigenvalue weighted by molar-refractivity contribution is -0.0760. The number of para-hydroxylation sites is 1. The fraction of sp³-hybridized carbons (Fsp3) is 0.652. The monoisotopic (exact) mass is 371 g/mol. The Hall–Kier alpha value is -1.68. The molecule has 0 aliphatic carbocycles. The number of rotatable bonds is 15. The molecule has 1 unspecified atom stereocenters. The van der Waals surface area contributed by atoms with E-state index in [1.807, 2.05) is 41.9 Å². The average molecular weight is 372 g/mol. The van der Waals surface area contributed by atoms with Crippen molar-refractivity contribution in [2.24, 2.45) is 0 Å². The molecule has 0 fully saturated rings. The minimum Gasteiger partial charge on any atom is -0.350 e. The van der Waals surface area contributed by atoms with Crippen molar-refractivity contribution in [1.29, 1.82) is 0 Å². The lowest BCUT2D eigenvalue weighted by Crippen LogP contribution is -2.35. The Balaban J connectivity index is 1.84. The molecule has 0 aliphatic rings. The Bertz CT molecular complexity index is 666. The van der Waals surface area contributed by atoms with Gasteiger partial charge >= 0.3 is 0 Å². The summed E-state index contributed by atoms with van der Waals surface area (Å²) in [6.07, 6.45) is 16.0. The molecule has 2 rings (SSSR count). The zero-order chi connectivity index (χ0) is 19.4. The third-order valence-corrected chi connectivity index (χ3v) is 5.31. The van der Waals surface area contributed by atoms with E-state index in [0.29, 0.717) is 6.61 Å². The first kappa shape index (κ1) is 21.6. The molecule has 2 aromatic rings. The molecule has 0 amide bonds. The first-order valence-electron chi connectivity index (χ1n) is 10.9. The van der Waals surface area contributed by atoms with Crippen molar-refractivity contribution in [3.63, 3.8) is 0 Å². The molecular weight excluding hydrogens is 334 g/mol. The van der Waals surface area contributed by atoms with Gasteiger partial charge in [0.2, 0.25) is 0 Å². The van der Waals surface area contributed by atoms with Crippen LogP contribution in [0.5, 0.6) is 0 Å². The van der Waals surface area contributed by atoms with Gasteiger partial charge < -0.3 is 4.74 Å². The van der Waals surface area contributed by atoms with E-state index in [1.54, 1.807) is 0 Å². The molecule has 4 nitrogen and oxygen atoms in total. The third-order valence-electron chi connectivity index (χ3n) is 5.31. The van der Waals surface area contributed by atoms with Crippen LogP contribution in [-0.4, -0.2) is 21.6 Å². The lowest BCUT2D eigenvalue weighted by Gasteiger charge is -2.31. The minimum absolute atomic E-state index is 0.606. The van der Waals surface area contributed by atoms with Crippen molar-refractivity contribution < 1.29 is 4.74 Å². The highest BCUT2D eigenvalue weighted by Crippen LogP contribution is 2.30. The van der Waals surface area contributed by atoms with Crippen LogP contribution in [0.4, 0.5) is 0 Å². The van der Waals surface area contributed by atoms with Gasteiger partial charge in [0, 0.05) is 13.0 Å². The Morgan fingerprint density at radius 2 is 1.59 bits per heavy atom. The summed E-state index contributed by atoms with van der Waals surface area (Å²) in [6, 6.07) is 8.03. The molecule has 0 N–H and O–H groups in total. The van der Waals surface area contributed by atoms with E-state index < -0.39 is 5.72 Å². The molecule has 0 saturated carbocycles. The molecule has 4 heteroatoms. The maximum absolute atomic E-state index is 6.16. The topological polar surface area (TPSA) is 39.9 Å². The summed E-state index contributed by atoms with van der Waals surface area (Å²) in [6.45, 7) is 8.98. The van der Waals surface area contributed by atoms with Crippen molar-refractivity contribution in [3.05, 3.63) is 36.9 Å². The largest absolute Gasteiger partial charge is 0.350 e. The van der Waals surface area contributed by atoms with Crippen molar-refractivity contribution >= 4 is 11.0 Å². The van der Waals surface area contributed by atoms with E-state index in [1.165, 1.54) is 57.8 Å². The van der Waals surface area contributed by atoms with Gasteiger partial charge in [0.1, 0.15) is 5.52 Å². The van der Waals surface area contributed by atoms with Crippen LogP contribution < -0.4 is 0 Å². The van der Waals surface area contributed by atoms with Crippen LogP contribution in [0.3, 0.4) is 0 Å². The van der Waals surface area contributed by atoms with Gasteiger partial charge in [-0.25, -0.2) is 4.68 Å². The standard InChI is InChI=1S/C23H37N3O/c1-4-7-8-9-10-11-12-13-14-17-20-23(5-2,27-6-3)26-22-19-16-15-18-21(22)24-25-26/h5,15-16,18-19H,2,4,6-14,17,20H2,1,3H3. The van der Waals surface area contributed by atoms with E-state index in [-0.39, 0.29) is 0 Å². The Morgan fingerprint density at radius 1 is 0.963 bits per heavy atom. The van der Waals surface area contributed by atoms with E-state index in [4.69, 9.17) is 4.74 Å². The minimum atomic E-state index is -0.606. The Kier molecular flexibility index (Phi) is 9.54. The maximum Gasteiger partial charge on any atom is 0.181 e. The molecule has 150 valence electrons. The molecule has 0 bridgehead atoms. The Labute approximate surface area is 165 Å². The molecular formula is C23H37N3O. The van der Waals surface area contributed by atoms with Crippen molar-refractivity contribution in [3.8, 4) is 0 Å². The van der Waals surface area contributed by atoms with E-state index in [0.717, 1.165) is 23.9 Å². The van der Waals surface area contributed by atoms with Crippen molar-refractivity contribution in [1.82, 2.24) is 15.0 Å². The van der Waals surface area contributed by atoms with Gasteiger partial charge in [0.25, 0.3) is 0 Å². The molecule has 1 aromatic heterocycles. The number of nitrogens with zero attached hydrogens (tertiary/aromatic N) is 3. The van der Waals surface area contributed by atoms with Crippen LogP contribution in [0.15, 0.2) is 36.9 Å². The van der Waals surface area contributed by atoms with E-state index in [9.17, 15) is 0 Å².